The Kier molecular flexibility index (Phi) is 5.12. The Morgan fingerprint density at radius 3 is 2.69 bits per heavy atom. The minimum Gasteiger partial charge on any atom is -0.349 e. The van der Waals surface area contributed by atoms with Gasteiger partial charge in [-0.2, -0.15) is 13.2 Å². The van der Waals surface area contributed by atoms with Gasteiger partial charge in [0.2, 0.25) is 5.91 Å². The highest BCUT2D eigenvalue weighted by molar-refractivity contribution is 5.82. The molecular weight excluding hydrogens is 354 g/mol. The van der Waals surface area contributed by atoms with E-state index in [1.807, 2.05) is 0 Å². The van der Waals surface area contributed by atoms with Gasteiger partial charge in [-0.05, 0) is 18.2 Å². The molecule has 2 atom stereocenters. The maximum atomic E-state index is 13.1. The molecule has 3 heterocycles. The molecule has 0 radical (unpaired) electrons. The average Bonchev–Trinajstić information content (AvgIpc) is 3.06. The van der Waals surface area contributed by atoms with Gasteiger partial charge in [-0.15, -0.1) is 0 Å². The van der Waals surface area contributed by atoms with Crippen molar-refractivity contribution in [3.05, 3.63) is 42.1 Å². The number of pyridine rings is 1. The van der Waals surface area contributed by atoms with Crippen molar-refractivity contribution in [2.24, 2.45) is 0 Å². The van der Waals surface area contributed by atoms with Crippen molar-refractivity contribution in [1.29, 1.82) is 0 Å². The first-order chi connectivity index (χ1) is 12.3. The zero-order chi connectivity index (χ0) is 18.7. The van der Waals surface area contributed by atoms with Crippen molar-refractivity contribution in [2.75, 3.05) is 6.54 Å². The third-order valence-corrected chi connectivity index (χ3v) is 3.91. The highest BCUT2D eigenvalue weighted by Crippen LogP contribution is 2.28. The first kappa shape index (κ1) is 18.2. The van der Waals surface area contributed by atoms with Gasteiger partial charge in [-0.25, -0.2) is 14.4 Å². The second kappa shape index (κ2) is 7.32. The number of hydrogen-bond acceptors (Lipinski definition) is 5. The zero-order valence-corrected chi connectivity index (χ0v) is 13.4. The molecule has 1 fully saturated rings. The van der Waals surface area contributed by atoms with Gasteiger partial charge in [-0.1, -0.05) is 0 Å². The van der Waals surface area contributed by atoms with E-state index in [0.717, 1.165) is 12.3 Å². The molecule has 2 aromatic heterocycles. The van der Waals surface area contributed by atoms with Crippen molar-refractivity contribution >= 4 is 5.91 Å². The molecule has 0 spiro atoms. The molecule has 1 amide bonds. The van der Waals surface area contributed by atoms with Crippen LogP contribution in [0.2, 0.25) is 0 Å². The van der Waals surface area contributed by atoms with Crippen molar-refractivity contribution in [3.8, 4) is 11.3 Å². The van der Waals surface area contributed by atoms with Crippen LogP contribution in [0.5, 0.6) is 0 Å². The van der Waals surface area contributed by atoms with Crippen molar-refractivity contribution < 1.29 is 22.4 Å². The monoisotopic (exact) mass is 369 g/mol. The summed E-state index contributed by atoms with van der Waals surface area (Å²) in [7, 11) is 0. The van der Waals surface area contributed by atoms with Crippen LogP contribution in [0.4, 0.5) is 17.6 Å². The summed E-state index contributed by atoms with van der Waals surface area (Å²) < 4.78 is 50.8. The summed E-state index contributed by atoms with van der Waals surface area (Å²) in [4.78, 5) is 23.4. The molecule has 2 unspecified atom stereocenters. The topological polar surface area (TPSA) is 79.8 Å². The molecule has 1 aliphatic heterocycles. The Labute approximate surface area is 146 Å². The summed E-state index contributed by atoms with van der Waals surface area (Å²) in [5.41, 5.74) is 0.259. The van der Waals surface area contributed by atoms with E-state index in [2.05, 4.69) is 25.6 Å². The van der Waals surface area contributed by atoms with Crippen LogP contribution in [0.3, 0.4) is 0 Å². The zero-order valence-electron chi connectivity index (χ0n) is 13.4. The smallest absolute Gasteiger partial charge is 0.349 e. The predicted molar refractivity (Wildman–Crippen MR) is 83.4 cm³/mol. The van der Waals surface area contributed by atoms with Gasteiger partial charge in [0.15, 0.2) is 0 Å². The quantitative estimate of drug-likeness (QED) is 0.805. The fourth-order valence-corrected chi connectivity index (χ4v) is 2.56. The summed E-state index contributed by atoms with van der Waals surface area (Å²) in [6, 6.07) is 3.11. The van der Waals surface area contributed by atoms with Crippen molar-refractivity contribution in [2.45, 2.75) is 31.4 Å². The van der Waals surface area contributed by atoms with Gasteiger partial charge < -0.3 is 10.6 Å². The van der Waals surface area contributed by atoms with Gasteiger partial charge >= 0.3 is 6.18 Å². The lowest BCUT2D eigenvalue weighted by Gasteiger charge is -2.11. The highest BCUT2D eigenvalue weighted by Gasteiger charge is 2.32. The van der Waals surface area contributed by atoms with Crippen LogP contribution < -0.4 is 10.6 Å². The third kappa shape index (κ3) is 4.31. The van der Waals surface area contributed by atoms with Crippen LogP contribution in [-0.2, 0) is 17.5 Å². The Morgan fingerprint density at radius 2 is 2.08 bits per heavy atom. The Bertz CT molecular complexity index is 781. The third-order valence-electron chi connectivity index (χ3n) is 3.91. The molecule has 26 heavy (non-hydrogen) atoms. The Hall–Kier alpha value is -2.62. The number of rotatable bonds is 4. The lowest BCUT2D eigenvalue weighted by Crippen LogP contribution is -2.40. The summed E-state index contributed by atoms with van der Waals surface area (Å²) in [5, 5.41) is 5.42. The Balaban J connectivity index is 1.65. The van der Waals surface area contributed by atoms with Crippen LogP contribution in [-0.4, -0.2) is 39.6 Å². The first-order valence-corrected chi connectivity index (χ1v) is 7.82. The minimum absolute atomic E-state index is 0.0948. The predicted octanol–water partition coefficient (Wildman–Crippen LogP) is 1.87. The molecule has 2 N–H and O–H groups in total. The summed E-state index contributed by atoms with van der Waals surface area (Å²) in [6.45, 7) is 0.244. The average molecular weight is 369 g/mol. The first-order valence-electron chi connectivity index (χ1n) is 7.82. The number of carbonyl (C=O) groups excluding carboxylic acids is 1. The van der Waals surface area contributed by atoms with Crippen LogP contribution in [0.1, 0.15) is 17.8 Å². The lowest BCUT2D eigenvalue weighted by atomic mass is 10.1. The van der Waals surface area contributed by atoms with E-state index >= 15 is 0 Å². The SMILES string of the molecule is O=C(NCc1cc(-c2ccc(C(F)(F)F)nc2)ncn1)C1CC(F)CN1. The van der Waals surface area contributed by atoms with E-state index in [1.54, 1.807) is 6.07 Å². The Morgan fingerprint density at radius 1 is 1.27 bits per heavy atom. The molecular formula is C16H15F4N5O. The minimum atomic E-state index is -4.51. The molecule has 0 saturated carbocycles. The number of carbonyl (C=O) groups is 1. The number of aromatic nitrogens is 3. The molecule has 138 valence electrons. The maximum absolute atomic E-state index is 13.1. The molecule has 0 aromatic carbocycles. The standard InChI is InChI=1S/C16H15F4N5O/c17-10-3-13(21-6-10)15(26)23-7-11-4-12(25-8-24-11)9-1-2-14(22-5-9)16(18,19)20/h1-2,4-5,8,10,13,21H,3,6-7H2,(H,23,26). The van der Waals surface area contributed by atoms with Crippen LogP contribution in [0.15, 0.2) is 30.7 Å². The fraction of sp³-hybridized carbons (Fsp3) is 0.375. The molecule has 10 heteroatoms. The molecule has 0 bridgehead atoms. The van der Waals surface area contributed by atoms with Gasteiger partial charge in [0.1, 0.15) is 18.2 Å². The molecule has 0 aliphatic carbocycles. The van der Waals surface area contributed by atoms with Gasteiger partial charge in [0.05, 0.1) is 24.0 Å². The number of halogens is 4. The van der Waals surface area contributed by atoms with Gasteiger partial charge in [0.25, 0.3) is 0 Å². The molecule has 6 nitrogen and oxygen atoms in total. The molecule has 1 saturated heterocycles. The summed E-state index contributed by atoms with van der Waals surface area (Å²) >= 11 is 0. The van der Waals surface area contributed by atoms with Crippen molar-refractivity contribution in [1.82, 2.24) is 25.6 Å². The maximum Gasteiger partial charge on any atom is 0.433 e. The summed E-state index contributed by atoms with van der Waals surface area (Å²) in [5.74, 6) is -0.332. The molecule has 2 aromatic rings. The van der Waals surface area contributed by atoms with Gasteiger partial charge in [0, 0.05) is 24.7 Å². The fourth-order valence-electron chi connectivity index (χ4n) is 2.56. The highest BCUT2D eigenvalue weighted by atomic mass is 19.4. The van der Waals surface area contributed by atoms with Crippen molar-refractivity contribution in [3.63, 3.8) is 0 Å². The van der Waals surface area contributed by atoms with Gasteiger partial charge in [-0.3, -0.25) is 9.78 Å². The number of nitrogens with zero attached hydrogens (tertiary/aromatic N) is 3. The number of hydrogen-bond donors (Lipinski definition) is 2. The van der Waals surface area contributed by atoms with E-state index in [9.17, 15) is 22.4 Å². The van der Waals surface area contributed by atoms with E-state index < -0.39 is 24.1 Å². The molecule has 1 aliphatic rings. The van der Waals surface area contributed by atoms with E-state index in [1.165, 1.54) is 12.4 Å². The largest absolute Gasteiger partial charge is 0.433 e. The van der Waals surface area contributed by atoms with Crippen LogP contribution in [0, 0.1) is 0 Å². The second-order valence-corrected chi connectivity index (χ2v) is 5.84. The van der Waals surface area contributed by atoms with E-state index in [4.69, 9.17) is 0 Å². The number of amides is 1. The van der Waals surface area contributed by atoms with E-state index in [0.29, 0.717) is 17.0 Å². The summed E-state index contributed by atoms with van der Waals surface area (Å²) in [6.07, 6.45) is -3.09. The number of nitrogens with one attached hydrogen (secondary N) is 2. The second-order valence-electron chi connectivity index (χ2n) is 5.84. The molecule has 3 rings (SSSR count). The van der Waals surface area contributed by atoms with Crippen LogP contribution >= 0.6 is 0 Å². The van der Waals surface area contributed by atoms with Crippen LogP contribution in [0.25, 0.3) is 11.3 Å². The number of alkyl halides is 4. The van der Waals surface area contributed by atoms with E-state index in [-0.39, 0.29) is 25.4 Å². The normalized spacial score (nSPS) is 20.2. The lowest BCUT2D eigenvalue weighted by molar-refractivity contribution is -0.141.